The minimum absolute atomic E-state index is 0.00608. The van der Waals surface area contributed by atoms with Crippen molar-refractivity contribution in [3.63, 3.8) is 0 Å². The molecule has 2 amide bonds. The topological polar surface area (TPSA) is 49.4 Å². The minimum Gasteiger partial charge on any atom is -0.352 e. The molecular formula is C33H40N2O2S. The summed E-state index contributed by atoms with van der Waals surface area (Å²) in [4.78, 5) is 29.6. The van der Waals surface area contributed by atoms with Gasteiger partial charge in [0, 0.05) is 24.8 Å². The molecule has 200 valence electrons. The van der Waals surface area contributed by atoms with Crippen molar-refractivity contribution >= 4 is 23.6 Å². The molecule has 3 aromatic carbocycles. The van der Waals surface area contributed by atoms with Crippen LogP contribution >= 0.6 is 11.8 Å². The molecule has 38 heavy (non-hydrogen) atoms. The maximum atomic E-state index is 13.9. The summed E-state index contributed by atoms with van der Waals surface area (Å²) in [6, 6.07) is 26.2. The summed E-state index contributed by atoms with van der Waals surface area (Å²) in [5, 5.41) is 3.32. The van der Waals surface area contributed by atoms with Crippen LogP contribution in [0.15, 0.2) is 78.9 Å². The highest BCUT2D eigenvalue weighted by Crippen LogP contribution is 2.22. The van der Waals surface area contributed by atoms with Gasteiger partial charge in [0.25, 0.3) is 0 Å². The first-order chi connectivity index (χ1) is 18.5. The zero-order valence-electron chi connectivity index (χ0n) is 22.7. The SMILES string of the molecule is Cc1ccccc1CSCC(=O)N(Cc1ccccc1C)C(Cc1ccccc1)C(=O)NC1CCCCC1. The Morgan fingerprint density at radius 3 is 2.11 bits per heavy atom. The molecule has 0 spiro atoms. The van der Waals surface area contributed by atoms with Gasteiger partial charge in [-0.1, -0.05) is 98.1 Å². The molecule has 3 aromatic rings. The highest BCUT2D eigenvalue weighted by Gasteiger charge is 2.32. The van der Waals surface area contributed by atoms with Crippen molar-refractivity contribution in [2.75, 3.05) is 5.75 Å². The van der Waals surface area contributed by atoms with Crippen LogP contribution in [0.2, 0.25) is 0 Å². The van der Waals surface area contributed by atoms with Crippen molar-refractivity contribution in [1.82, 2.24) is 10.2 Å². The molecule has 1 aliphatic carbocycles. The van der Waals surface area contributed by atoms with Gasteiger partial charge in [-0.05, 0) is 54.5 Å². The van der Waals surface area contributed by atoms with Gasteiger partial charge >= 0.3 is 0 Å². The molecule has 0 aliphatic heterocycles. The van der Waals surface area contributed by atoms with Gasteiger partial charge in [0.15, 0.2) is 0 Å². The summed E-state index contributed by atoms with van der Waals surface area (Å²) >= 11 is 1.62. The molecule has 0 heterocycles. The van der Waals surface area contributed by atoms with E-state index in [4.69, 9.17) is 0 Å². The van der Waals surface area contributed by atoms with Gasteiger partial charge in [-0.15, -0.1) is 11.8 Å². The van der Waals surface area contributed by atoms with E-state index in [0.29, 0.717) is 18.7 Å². The van der Waals surface area contributed by atoms with E-state index in [9.17, 15) is 9.59 Å². The Kier molecular flexibility index (Phi) is 10.5. The van der Waals surface area contributed by atoms with Crippen LogP contribution in [0.25, 0.3) is 0 Å². The zero-order chi connectivity index (χ0) is 26.7. The first-order valence-electron chi connectivity index (χ1n) is 13.8. The fourth-order valence-corrected chi connectivity index (χ4v) is 6.16. The molecule has 1 fully saturated rings. The molecule has 0 bridgehead atoms. The summed E-state index contributed by atoms with van der Waals surface area (Å²) in [7, 11) is 0. The number of carbonyl (C=O) groups excluding carboxylic acids is 2. The van der Waals surface area contributed by atoms with Crippen LogP contribution in [-0.4, -0.2) is 34.6 Å². The number of thioether (sulfide) groups is 1. The van der Waals surface area contributed by atoms with Gasteiger partial charge in [0.1, 0.15) is 6.04 Å². The third kappa shape index (κ3) is 7.97. The van der Waals surface area contributed by atoms with Crippen molar-refractivity contribution in [1.29, 1.82) is 0 Å². The van der Waals surface area contributed by atoms with Crippen LogP contribution in [0.1, 0.15) is 59.9 Å². The molecular weight excluding hydrogens is 488 g/mol. The Labute approximate surface area is 232 Å². The molecule has 0 aromatic heterocycles. The van der Waals surface area contributed by atoms with E-state index in [1.54, 1.807) is 11.8 Å². The number of hydrogen-bond donors (Lipinski definition) is 1. The molecule has 1 unspecified atom stereocenters. The van der Waals surface area contributed by atoms with Crippen LogP contribution in [0.5, 0.6) is 0 Å². The molecule has 0 radical (unpaired) electrons. The van der Waals surface area contributed by atoms with Gasteiger partial charge in [-0.3, -0.25) is 9.59 Å². The average Bonchev–Trinajstić information content (AvgIpc) is 2.93. The van der Waals surface area contributed by atoms with E-state index in [1.807, 2.05) is 59.5 Å². The minimum atomic E-state index is -0.564. The number of amides is 2. The Balaban J connectivity index is 1.58. The zero-order valence-corrected chi connectivity index (χ0v) is 23.5. The summed E-state index contributed by atoms with van der Waals surface area (Å²) in [5.74, 6) is 1.08. The van der Waals surface area contributed by atoms with E-state index >= 15 is 0 Å². The maximum Gasteiger partial charge on any atom is 0.243 e. The number of rotatable bonds is 11. The average molecular weight is 529 g/mol. The number of benzene rings is 3. The number of aryl methyl sites for hydroxylation is 2. The van der Waals surface area contributed by atoms with Crippen molar-refractivity contribution in [2.45, 2.75) is 76.8 Å². The number of carbonyl (C=O) groups is 2. The van der Waals surface area contributed by atoms with E-state index in [-0.39, 0.29) is 17.9 Å². The Morgan fingerprint density at radius 1 is 0.842 bits per heavy atom. The van der Waals surface area contributed by atoms with Crippen LogP contribution in [0.4, 0.5) is 0 Å². The number of nitrogens with one attached hydrogen (secondary N) is 1. The second kappa shape index (κ2) is 14.2. The quantitative estimate of drug-likeness (QED) is 0.304. The number of hydrogen-bond acceptors (Lipinski definition) is 3. The standard InChI is InChI=1S/C33H40N2O2S/c1-25-13-9-11-17-28(25)22-35(32(36)24-38-23-29-18-12-10-14-26(29)2)31(21-27-15-5-3-6-16-27)33(37)34-30-19-7-4-8-20-30/h3,5-6,9-18,30-31H,4,7-8,19-24H2,1-2H3,(H,34,37). The molecule has 1 saturated carbocycles. The van der Waals surface area contributed by atoms with Gasteiger partial charge in [-0.2, -0.15) is 0 Å². The van der Waals surface area contributed by atoms with Gasteiger partial charge in [0.05, 0.1) is 5.75 Å². The van der Waals surface area contributed by atoms with Crippen molar-refractivity contribution in [3.8, 4) is 0 Å². The lowest BCUT2D eigenvalue weighted by Gasteiger charge is -2.34. The fraction of sp³-hybridized carbons (Fsp3) is 0.394. The van der Waals surface area contributed by atoms with Gasteiger partial charge < -0.3 is 10.2 Å². The lowest BCUT2D eigenvalue weighted by atomic mass is 9.94. The molecule has 0 saturated heterocycles. The molecule has 4 rings (SSSR count). The normalized spacial score (nSPS) is 14.6. The highest BCUT2D eigenvalue weighted by molar-refractivity contribution is 7.99. The first-order valence-corrected chi connectivity index (χ1v) is 15.0. The maximum absolute atomic E-state index is 13.9. The van der Waals surface area contributed by atoms with Gasteiger partial charge in [-0.25, -0.2) is 0 Å². The van der Waals surface area contributed by atoms with Crippen molar-refractivity contribution < 1.29 is 9.59 Å². The fourth-order valence-electron chi connectivity index (χ4n) is 5.17. The first kappa shape index (κ1) is 28.0. The monoisotopic (exact) mass is 528 g/mol. The Morgan fingerprint density at radius 2 is 1.45 bits per heavy atom. The van der Waals surface area contributed by atoms with Crippen LogP contribution in [0.3, 0.4) is 0 Å². The Hall–Kier alpha value is -3.05. The van der Waals surface area contributed by atoms with Crippen LogP contribution in [-0.2, 0) is 28.3 Å². The highest BCUT2D eigenvalue weighted by atomic mass is 32.2. The van der Waals surface area contributed by atoms with E-state index < -0.39 is 6.04 Å². The number of nitrogens with zero attached hydrogens (tertiary/aromatic N) is 1. The van der Waals surface area contributed by atoms with E-state index in [0.717, 1.165) is 48.1 Å². The smallest absolute Gasteiger partial charge is 0.243 e. The van der Waals surface area contributed by atoms with Crippen LogP contribution < -0.4 is 5.32 Å². The predicted octanol–water partition coefficient (Wildman–Crippen LogP) is 6.63. The third-order valence-electron chi connectivity index (χ3n) is 7.57. The predicted molar refractivity (Wildman–Crippen MR) is 158 cm³/mol. The summed E-state index contributed by atoms with van der Waals surface area (Å²) in [5.41, 5.74) is 5.74. The third-order valence-corrected chi connectivity index (χ3v) is 8.54. The lowest BCUT2D eigenvalue weighted by Crippen LogP contribution is -2.53. The molecule has 1 aliphatic rings. The largest absolute Gasteiger partial charge is 0.352 e. The van der Waals surface area contributed by atoms with Crippen molar-refractivity contribution in [3.05, 3.63) is 107 Å². The second-order valence-corrected chi connectivity index (χ2v) is 11.4. The lowest BCUT2D eigenvalue weighted by molar-refractivity contribution is -0.139. The summed E-state index contributed by atoms with van der Waals surface area (Å²) < 4.78 is 0. The molecule has 5 heteroatoms. The second-order valence-electron chi connectivity index (χ2n) is 10.4. The van der Waals surface area contributed by atoms with E-state index in [1.165, 1.54) is 17.5 Å². The van der Waals surface area contributed by atoms with Crippen LogP contribution in [0, 0.1) is 13.8 Å². The van der Waals surface area contributed by atoms with E-state index in [2.05, 4.69) is 43.4 Å². The van der Waals surface area contributed by atoms with Gasteiger partial charge in [0.2, 0.25) is 11.8 Å². The summed E-state index contributed by atoms with van der Waals surface area (Å²) in [6.07, 6.45) is 6.06. The Bertz CT molecular complexity index is 1190. The molecule has 1 N–H and O–H groups in total. The summed E-state index contributed by atoms with van der Waals surface area (Å²) in [6.45, 7) is 4.60. The van der Waals surface area contributed by atoms with Crippen molar-refractivity contribution in [2.24, 2.45) is 0 Å². The molecule has 1 atom stereocenters. The molecule has 4 nitrogen and oxygen atoms in total.